The van der Waals surface area contributed by atoms with E-state index in [9.17, 15) is 0 Å². The van der Waals surface area contributed by atoms with Gasteiger partial charge in [-0.2, -0.15) is 0 Å². The van der Waals surface area contributed by atoms with Crippen LogP contribution in [0.15, 0.2) is 42.5 Å². The summed E-state index contributed by atoms with van der Waals surface area (Å²) in [5, 5.41) is 6.55. The van der Waals surface area contributed by atoms with E-state index in [4.69, 9.17) is 0 Å². The van der Waals surface area contributed by atoms with Crippen molar-refractivity contribution in [3.8, 4) is 11.4 Å². The Labute approximate surface area is 104 Å². The molecule has 2 aromatic carbocycles. The lowest BCUT2D eigenvalue weighted by Crippen LogP contribution is -1.98. The molecule has 3 aromatic rings. The van der Waals surface area contributed by atoms with Crippen molar-refractivity contribution in [2.75, 3.05) is 17.3 Å². The van der Waals surface area contributed by atoms with Gasteiger partial charge in [0.2, 0.25) is 0 Å². The Morgan fingerprint density at radius 3 is 2.78 bits per heavy atom. The second-order valence-corrected chi connectivity index (χ2v) is 4.39. The van der Waals surface area contributed by atoms with E-state index >= 15 is 0 Å². The molecular formula is C14H12N4. The maximum atomic E-state index is 4.60. The minimum absolute atomic E-state index is 0.791. The summed E-state index contributed by atoms with van der Waals surface area (Å²) in [6.07, 6.45) is 0. The van der Waals surface area contributed by atoms with Crippen molar-refractivity contribution < 1.29 is 0 Å². The van der Waals surface area contributed by atoms with Gasteiger partial charge in [-0.05, 0) is 30.3 Å². The Balaban J connectivity index is 1.86. The Kier molecular flexibility index (Phi) is 1.85. The summed E-state index contributed by atoms with van der Waals surface area (Å²) in [7, 11) is 0. The fraction of sp³-hybridized carbons (Fsp3) is 0.0714. The SMILES string of the molecule is c1ccc2[nH]c(-c3ccc4c(c3)NCN4)nc2c1. The fourth-order valence-electron chi connectivity index (χ4n) is 2.32. The fourth-order valence-corrected chi connectivity index (χ4v) is 2.32. The van der Waals surface area contributed by atoms with Crippen LogP contribution in [-0.4, -0.2) is 16.6 Å². The molecule has 0 atom stereocenters. The van der Waals surface area contributed by atoms with Gasteiger partial charge in [0.1, 0.15) is 5.82 Å². The number of nitrogens with one attached hydrogen (secondary N) is 3. The van der Waals surface area contributed by atoms with Crippen molar-refractivity contribution in [3.63, 3.8) is 0 Å². The number of H-pyrrole nitrogens is 1. The van der Waals surface area contributed by atoms with E-state index in [2.05, 4.69) is 38.8 Å². The molecule has 0 spiro atoms. The highest BCUT2D eigenvalue weighted by atomic mass is 15.1. The summed E-state index contributed by atoms with van der Waals surface area (Å²) in [6, 6.07) is 14.3. The van der Waals surface area contributed by atoms with E-state index in [0.717, 1.165) is 40.5 Å². The van der Waals surface area contributed by atoms with Crippen molar-refractivity contribution in [2.24, 2.45) is 0 Å². The molecular weight excluding hydrogens is 224 g/mol. The Hall–Kier alpha value is -2.49. The first-order valence-electron chi connectivity index (χ1n) is 5.97. The standard InChI is InChI=1S/C14H12N4/c1-2-4-12-11(3-1)17-14(18-12)9-5-6-10-13(7-9)16-8-15-10/h1-7,15-16H,8H2,(H,17,18). The van der Waals surface area contributed by atoms with Crippen molar-refractivity contribution in [1.82, 2.24) is 9.97 Å². The lowest BCUT2D eigenvalue weighted by Gasteiger charge is -2.01. The number of aromatic amines is 1. The van der Waals surface area contributed by atoms with Crippen LogP contribution in [-0.2, 0) is 0 Å². The maximum absolute atomic E-state index is 4.60. The van der Waals surface area contributed by atoms with E-state index in [1.165, 1.54) is 0 Å². The molecule has 0 aliphatic carbocycles. The number of anilines is 2. The third kappa shape index (κ3) is 1.35. The molecule has 0 amide bonds. The van der Waals surface area contributed by atoms with Gasteiger partial charge in [-0.3, -0.25) is 0 Å². The Morgan fingerprint density at radius 2 is 1.83 bits per heavy atom. The number of aromatic nitrogens is 2. The lowest BCUT2D eigenvalue weighted by molar-refractivity contribution is 1.31. The summed E-state index contributed by atoms with van der Waals surface area (Å²) in [6.45, 7) is 0.791. The molecule has 0 bridgehead atoms. The van der Waals surface area contributed by atoms with Crippen molar-refractivity contribution >= 4 is 22.4 Å². The molecule has 0 fully saturated rings. The number of para-hydroxylation sites is 2. The average molecular weight is 236 g/mol. The predicted molar refractivity (Wildman–Crippen MR) is 73.6 cm³/mol. The topological polar surface area (TPSA) is 52.7 Å². The lowest BCUT2D eigenvalue weighted by atomic mass is 10.1. The summed E-state index contributed by atoms with van der Waals surface area (Å²) < 4.78 is 0. The van der Waals surface area contributed by atoms with Crippen molar-refractivity contribution in [2.45, 2.75) is 0 Å². The summed E-state index contributed by atoms with van der Waals surface area (Å²) in [5.41, 5.74) is 5.45. The van der Waals surface area contributed by atoms with Gasteiger partial charge < -0.3 is 15.6 Å². The molecule has 1 aromatic heterocycles. The van der Waals surface area contributed by atoms with E-state index in [-0.39, 0.29) is 0 Å². The maximum Gasteiger partial charge on any atom is 0.138 e. The van der Waals surface area contributed by atoms with Gasteiger partial charge in [0.25, 0.3) is 0 Å². The van der Waals surface area contributed by atoms with E-state index in [1.807, 2.05) is 24.3 Å². The number of benzene rings is 2. The number of fused-ring (bicyclic) bond motifs is 2. The second-order valence-electron chi connectivity index (χ2n) is 4.39. The molecule has 0 saturated heterocycles. The van der Waals surface area contributed by atoms with Crippen molar-refractivity contribution in [3.05, 3.63) is 42.5 Å². The van der Waals surface area contributed by atoms with Crippen LogP contribution in [0.3, 0.4) is 0 Å². The monoisotopic (exact) mass is 236 g/mol. The second kappa shape index (κ2) is 3.50. The van der Waals surface area contributed by atoms with Gasteiger partial charge in [-0.25, -0.2) is 4.98 Å². The summed E-state index contributed by atoms with van der Waals surface area (Å²) in [4.78, 5) is 7.95. The molecule has 4 heteroatoms. The highest BCUT2D eigenvalue weighted by Gasteiger charge is 2.11. The highest BCUT2D eigenvalue weighted by molar-refractivity contribution is 5.82. The van der Waals surface area contributed by atoms with E-state index in [1.54, 1.807) is 0 Å². The smallest absolute Gasteiger partial charge is 0.138 e. The molecule has 4 nitrogen and oxygen atoms in total. The van der Waals surface area contributed by atoms with Crippen LogP contribution in [0.1, 0.15) is 0 Å². The van der Waals surface area contributed by atoms with Gasteiger partial charge in [0.15, 0.2) is 0 Å². The normalized spacial score (nSPS) is 13.1. The number of nitrogens with zero attached hydrogens (tertiary/aromatic N) is 1. The number of imidazole rings is 1. The molecule has 0 radical (unpaired) electrons. The average Bonchev–Trinajstić information content (AvgIpc) is 3.04. The molecule has 88 valence electrons. The molecule has 0 unspecified atom stereocenters. The van der Waals surface area contributed by atoms with Gasteiger partial charge in [-0.15, -0.1) is 0 Å². The first-order valence-corrected chi connectivity index (χ1v) is 5.97. The van der Waals surface area contributed by atoms with Gasteiger partial charge in [0.05, 0.1) is 29.1 Å². The van der Waals surface area contributed by atoms with Crippen LogP contribution >= 0.6 is 0 Å². The van der Waals surface area contributed by atoms with E-state index < -0.39 is 0 Å². The third-order valence-electron chi connectivity index (χ3n) is 3.24. The third-order valence-corrected chi connectivity index (χ3v) is 3.24. The Morgan fingerprint density at radius 1 is 0.944 bits per heavy atom. The minimum Gasteiger partial charge on any atom is -0.366 e. The van der Waals surface area contributed by atoms with Crippen LogP contribution in [0.5, 0.6) is 0 Å². The first-order chi connectivity index (χ1) is 8.90. The van der Waals surface area contributed by atoms with Crippen LogP contribution in [0.2, 0.25) is 0 Å². The summed E-state index contributed by atoms with van der Waals surface area (Å²) >= 11 is 0. The zero-order valence-corrected chi connectivity index (χ0v) is 9.70. The predicted octanol–water partition coefficient (Wildman–Crippen LogP) is 3.02. The van der Waals surface area contributed by atoms with Crippen LogP contribution in [0.4, 0.5) is 11.4 Å². The van der Waals surface area contributed by atoms with Crippen molar-refractivity contribution in [1.29, 1.82) is 0 Å². The molecule has 1 aliphatic heterocycles. The molecule has 4 rings (SSSR count). The van der Waals surface area contributed by atoms with Gasteiger partial charge >= 0.3 is 0 Å². The zero-order valence-electron chi connectivity index (χ0n) is 9.70. The van der Waals surface area contributed by atoms with Crippen LogP contribution in [0.25, 0.3) is 22.4 Å². The molecule has 18 heavy (non-hydrogen) atoms. The molecule has 2 heterocycles. The van der Waals surface area contributed by atoms with Crippen LogP contribution < -0.4 is 10.6 Å². The molecule has 0 saturated carbocycles. The number of hydrogen-bond donors (Lipinski definition) is 3. The minimum atomic E-state index is 0.791. The van der Waals surface area contributed by atoms with Gasteiger partial charge in [-0.1, -0.05) is 12.1 Å². The summed E-state index contributed by atoms with van der Waals surface area (Å²) in [5.74, 6) is 0.910. The highest BCUT2D eigenvalue weighted by Crippen LogP contribution is 2.31. The first kappa shape index (κ1) is 9.53. The van der Waals surface area contributed by atoms with Crippen LogP contribution in [0, 0.1) is 0 Å². The number of hydrogen-bond acceptors (Lipinski definition) is 3. The van der Waals surface area contributed by atoms with Gasteiger partial charge in [0, 0.05) is 5.56 Å². The number of rotatable bonds is 1. The molecule has 3 N–H and O–H groups in total. The largest absolute Gasteiger partial charge is 0.366 e. The Bertz CT molecular complexity index is 696. The zero-order chi connectivity index (χ0) is 11.9. The quantitative estimate of drug-likeness (QED) is 0.608. The molecule has 1 aliphatic rings. The van der Waals surface area contributed by atoms with E-state index in [0.29, 0.717) is 0 Å².